The molecular formula is C9H11F3N4. The van der Waals surface area contributed by atoms with Gasteiger partial charge in [0.1, 0.15) is 17.7 Å². The Morgan fingerprint density at radius 3 is 2.81 bits per heavy atom. The summed E-state index contributed by atoms with van der Waals surface area (Å²) >= 11 is 0. The van der Waals surface area contributed by atoms with Crippen molar-refractivity contribution < 1.29 is 13.2 Å². The molecule has 0 spiro atoms. The molecule has 0 bridgehead atoms. The Labute approximate surface area is 90.5 Å². The zero-order valence-electron chi connectivity index (χ0n) is 8.57. The summed E-state index contributed by atoms with van der Waals surface area (Å²) in [5.41, 5.74) is 5.64. The van der Waals surface area contributed by atoms with Gasteiger partial charge in [-0.3, -0.25) is 0 Å². The van der Waals surface area contributed by atoms with Gasteiger partial charge >= 0.3 is 6.18 Å². The molecule has 0 saturated heterocycles. The highest BCUT2D eigenvalue weighted by Gasteiger charge is 2.44. The maximum Gasteiger partial charge on any atom is 0.405 e. The Bertz CT molecular complexity index is 383. The highest BCUT2D eigenvalue weighted by Crippen LogP contribution is 2.32. The van der Waals surface area contributed by atoms with Gasteiger partial charge in [-0.25, -0.2) is 10.0 Å². The molecule has 0 aromatic carbocycles. The molecule has 7 heteroatoms. The second-order valence-electron chi connectivity index (χ2n) is 3.58. The van der Waals surface area contributed by atoms with E-state index in [1.165, 1.54) is 17.3 Å². The van der Waals surface area contributed by atoms with E-state index in [1.807, 2.05) is 0 Å². The first kappa shape index (κ1) is 11.0. The molecule has 0 saturated carbocycles. The number of nitrogens with two attached hydrogens (primary N) is 1. The van der Waals surface area contributed by atoms with E-state index in [1.54, 1.807) is 6.08 Å². The van der Waals surface area contributed by atoms with Crippen molar-refractivity contribution in [3.05, 3.63) is 23.8 Å². The molecule has 0 aromatic rings. The topological polar surface area (TPSA) is 44.9 Å². The van der Waals surface area contributed by atoms with E-state index in [9.17, 15) is 13.2 Å². The van der Waals surface area contributed by atoms with Crippen LogP contribution in [0.4, 0.5) is 13.2 Å². The smallest absolute Gasteiger partial charge is 0.384 e. The summed E-state index contributed by atoms with van der Waals surface area (Å²) in [4.78, 5) is 3.95. The monoisotopic (exact) mass is 232 g/mol. The number of hydrazine groups is 1. The third kappa shape index (κ3) is 1.67. The minimum absolute atomic E-state index is 0.155. The zero-order valence-corrected chi connectivity index (χ0v) is 8.57. The van der Waals surface area contributed by atoms with Gasteiger partial charge in [0.15, 0.2) is 0 Å². The van der Waals surface area contributed by atoms with Crippen molar-refractivity contribution in [2.24, 2.45) is 10.7 Å². The first-order valence-corrected chi connectivity index (χ1v) is 4.74. The minimum atomic E-state index is -4.29. The van der Waals surface area contributed by atoms with Crippen molar-refractivity contribution >= 4 is 6.21 Å². The SMILES string of the molecule is CC(N1CC=C2N=CC=C(N)N21)C(F)(F)F. The largest absolute Gasteiger partial charge is 0.405 e. The number of rotatable bonds is 1. The number of alkyl halides is 3. The predicted octanol–water partition coefficient (Wildman–Crippen LogP) is 1.20. The number of allylic oxidation sites excluding steroid dienone is 1. The first-order chi connectivity index (χ1) is 7.41. The molecule has 0 aromatic heterocycles. The highest BCUT2D eigenvalue weighted by molar-refractivity contribution is 5.74. The molecule has 2 heterocycles. The highest BCUT2D eigenvalue weighted by atomic mass is 19.4. The van der Waals surface area contributed by atoms with Gasteiger partial charge in [-0.1, -0.05) is 0 Å². The zero-order chi connectivity index (χ0) is 11.9. The molecule has 0 fully saturated rings. The lowest BCUT2D eigenvalue weighted by Crippen LogP contribution is -2.51. The van der Waals surface area contributed by atoms with E-state index in [2.05, 4.69) is 4.99 Å². The van der Waals surface area contributed by atoms with Gasteiger partial charge in [0.2, 0.25) is 0 Å². The van der Waals surface area contributed by atoms with Crippen LogP contribution in [0.1, 0.15) is 6.92 Å². The molecule has 2 aliphatic rings. The van der Waals surface area contributed by atoms with Crippen molar-refractivity contribution in [3.8, 4) is 0 Å². The molecule has 88 valence electrons. The van der Waals surface area contributed by atoms with Crippen LogP contribution in [0.25, 0.3) is 0 Å². The van der Waals surface area contributed by atoms with Crippen LogP contribution in [-0.2, 0) is 0 Å². The lowest BCUT2D eigenvalue weighted by molar-refractivity contribution is -0.201. The molecule has 2 aliphatic heterocycles. The average Bonchev–Trinajstić information content (AvgIpc) is 2.60. The van der Waals surface area contributed by atoms with Gasteiger partial charge < -0.3 is 5.73 Å². The van der Waals surface area contributed by atoms with E-state index >= 15 is 0 Å². The maximum atomic E-state index is 12.6. The molecule has 0 radical (unpaired) electrons. The number of aliphatic imine (C=N–C) groups is 1. The Kier molecular flexibility index (Phi) is 2.42. The number of fused-ring (bicyclic) bond motifs is 1. The van der Waals surface area contributed by atoms with E-state index in [0.29, 0.717) is 5.82 Å². The van der Waals surface area contributed by atoms with E-state index in [4.69, 9.17) is 5.73 Å². The standard InChI is InChI=1S/C9H11F3N4/c1-6(9(10,11)12)15-5-3-8-14-4-2-7(13)16(8)15/h2-4,6H,5,13H2,1H3. The Morgan fingerprint density at radius 1 is 1.50 bits per heavy atom. The van der Waals surface area contributed by atoms with Crippen LogP contribution in [0, 0.1) is 0 Å². The van der Waals surface area contributed by atoms with Gasteiger partial charge in [0.25, 0.3) is 0 Å². The fraction of sp³-hybridized carbons (Fsp3) is 0.444. The second kappa shape index (κ2) is 3.51. The number of hydrogen-bond donors (Lipinski definition) is 1. The summed E-state index contributed by atoms with van der Waals surface area (Å²) in [6.45, 7) is 1.25. The molecular weight excluding hydrogens is 221 g/mol. The minimum Gasteiger partial charge on any atom is -0.384 e. The molecule has 0 aliphatic carbocycles. The van der Waals surface area contributed by atoms with Crippen LogP contribution in [-0.4, -0.2) is 35.0 Å². The third-order valence-corrected chi connectivity index (χ3v) is 2.55. The summed E-state index contributed by atoms with van der Waals surface area (Å²) in [6.07, 6.45) is 0.265. The van der Waals surface area contributed by atoms with Crippen molar-refractivity contribution in [3.63, 3.8) is 0 Å². The van der Waals surface area contributed by atoms with Crippen molar-refractivity contribution in [2.75, 3.05) is 6.54 Å². The lowest BCUT2D eigenvalue weighted by Gasteiger charge is -2.36. The summed E-state index contributed by atoms with van der Waals surface area (Å²) in [7, 11) is 0. The van der Waals surface area contributed by atoms with Crippen molar-refractivity contribution in [2.45, 2.75) is 19.1 Å². The Hall–Kier alpha value is -1.50. The number of halogens is 3. The second-order valence-corrected chi connectivity index (χ2v) is 3.58. The number of hydrogen-bond acceptors (Lipinski definition) is 4. The fourth-order valence-corrected chi connectivity index (χ4v) is 1.62. The van der Waals surface area contributed by atoms with Gasteiger partial charge in [-0.15, -0.1) is 0 Å². The van der Waals surface area contributed by atoms with Crippen LogP contribution in [0.5, 0.6) is 0 Å². The molecule has 1 unspecified atom stereocenters. The normalized spacial score (nSPS) is 22.9. The molecule has 4 nitrogen and oxygen atoms in total. The first-order valence-electron chi connectivity index (χ1n) is 4.74. The van der Waals surface area contributed by atoms with Crippen LogP contribution in [0.15, 0.2) is 28.8 Å². The van der Waals surface area contributed by atoms with Crippen LogP contribution in [0.3, 0.4) is 0 Å². The number of nitrogens with zero attached hydrogens (tertiary/aromatic N) is 3. The fourth-order valence-electron chi connectivity index (χ4n) is 1.62. The summed E-state index contributed by atoms with van der Waals surface area (Å²) in [5.74, 6) is 0.686. The van der Waals surface area contributed by atoms with Gasteiger partial charge in [0.05, 0.1) is 0 Å². The summed E-state index contributed by atoms with van der Waals surface area (Å²) in [5, 5.41) is 2.43. The summed E-state index contributed by atoms with van der Waals surface area (Å²) in [6, 6.07) is -1.60. The quantitative estimate of drug-likeness (QED) is 0.738. The summed E-state index contributed by atoms with van der Waals surface area (Å²) < 4.78 is 37.8. The molecule has 1 atom stereocenters. The van der Waals surface area contributed by atoms with Crippen molar-refractivity contribution in [1.82, 2.24) is 10.0 Å². The van der Waals surface area contributed by atoms with Crippen LogP contribution >= 0.6 is 0 Å². The molecule has 16 heavy (non-hydrogen) atoms. The molecule has 2 N–H and O–H groups in total. The molecule has 0 amide bonds. The van der Waals surface area contributed by atoms with Crippen LogP contribution < -0.4 is 5.73 Å². The Balaban J connectivity index is 2.23. The van der Waals surface area contributed by atoms with E-state index in [-0.39, 0.29) is 12.4 Å². The van der Waals surface area contributed by atoms with Gasteiger partial charge in [0, 0.05) is 12.8 Å². The predicted molar refractivity (Wildman–Crippen MR) is 52.9 cm³/mol. The van der Waals surface area contributed by atoms with Crippen LogP contribution in [0.2, 0.25) is 0 Å². The average molecular weight is 232 g/mol. The van der Waals surface area contributed by atoms with Crippen molar-refractivity contribution in [1.29, 1.82) is 0 Å². The van der Waals surface area contributed by atoms with Gasteiger partial charge in [-0.2, -0.15) is 18.2 Å². The van der Waals surface area contributed by atoms with E-state index < -0.39 is 12.2 Å². The lowest BCUT2D eigenvalue weighted by atomic mass is 10.3. The maximum absolute atomic E-state index is 12.6. The molecule has 2 rings (SSSR count). The third-order valence-electron chi connectivity index (χ3n) is 2.55. The van der Waals surface area contributed by atoms with Gasteiger partial charge in [-0.05, 0) is 19.1 Å². The van der Waals surface area contributed by atoms with E-state index in [0.717, 1.165) is 11.9 Å². The Morgan fingerprint density at radius 2 is 2.19 bits per heavy atom.